The molecule has 0 radical (unpaired) electrons. The third-order valence-corrected chi connectivity index (χ3v) is 17.8. The van der Waals surface area contributed by atoms with Crippen LogP contribution in [0.2, 0.25) is 0 Å². The van der Waals surface area contributed by atoms with Crippen molar-refractivity contribution in [3.05, 3.63) is 12.2 Å². The fraction of sp³-hybridized carbons (Fsp3) is 0.952. The molecule has 5 aliphatic carbocycles. The molecule has 12 heteroatoms. The standard InChI is InChI=1S/C42H68O12/c1-21-28(45)33(54-34-31(48)30(47)29(46)22(19-43)52-34)32(49)35(51-21)53-27-11-12-38(6)23(37(27,4)5)9-13-39(7)24(38)10-14-42-25-17-36(2,3)15-16-41(25,20-50-42)26(44)18-40(39,42)8/h10,14,21-35,43-49H,9,11-13,15-20H2,1-8H3/t21-,22-,23-,24-,25+,26+,27+,28+,29-,30+,31-,32-,33+,34+,35+,38+,39-,40+,41-,42+/m1/s1. The van der Waals surface area contributed by atoms with Gasteiger partial charge in [-0.25, -0.2) is 0 Å². The van der Waals surface area contributed by atoms with Gasteiger partial charge in [0.15, 0.2) is 12.6 Å². The summed E-state index contributed by atoms with van der Waals surface area (Å²) < 4.78 is 31.4. The molecule has 0 aromatic rings. The monoisotopic (exact) mass is 764 g/mol. The Kier molecular flexibility index (Phi) is 9.55. The van der Waals surface area contributed by atoms with E-state index < -0.39 is 73.6 Å². The maximum Gasteiger partial charge on any atom is 0.187 e. The first-order valence-corrected chi connectivity index (χ1v) is 20.8. The molecule has 4 saturated carbocycles. The van der Waals surface area contributed by atoms with E-state index in [-0.39, 0.29) is 56.5 Å². The smallest absolute Gasteiger partial charge is 0.187 e. The normalized spacial score (nSPS) is 58.8. The van der Waals surface area contributed by atoms with Crippen LogP contribution in [0.4, 0.5) is 0 Å². The van der Waals surface area contributed by atoms with E-state index in [2.05, 4.69) is 60.6 Å². The van der Waals surface area contributed by atoms with E-state index in [0.29, 0.717) is 12.5 Å². The molecule has 0 amide bonds. The molecule has 7 N–H and O–H groups in total. The van der Waals surface area contributed by atoms with Crippen LogP contribution in [0.1, 0.15) is 107 Å². The predicted octanol–water partition coefficient (Wildman–Crippen LogP) is 2.80. The molecule has 3 aliphatic heterocycles. The third kappa shape index (κ3) is 5.24. The van der Waals surface area contributed by atoms with Crippen molar-refractivity contribution in [1.29, 1.82) is 0 Å². The summed E-state index contributed by atoms with van der Waals surface area (Å²) in [6.07, 6.45) is -1.83. The summed E-state index contributed by atoms with van der Waals surface area (Å²) in [4.78, 5) is 0. The van der Waals surface area contributed by atoms with Crippen molar-refractivity contribution in [2.24, 2.45) is 50.2 Å². The largest absolute Gasteiger partial charge is 0.394 e. The third-order valence-electron chi connectivity index (χ3n) is 17.8. The molecule has 8 rings (SSSR count). The lowest BCUT2D eigenvalue weighted by Crippen LogP contribution is -2.72. The van der Waals surface area contributed by atoms with Gasteiger partial charge in [-0.1, -0.05) is 60.6 Å². The summed E-state index contributed by atoms with van der Waals surface area (Å²) in [5.74, 6) is 0.835. The van der Waals surface area contributed by atoms with E-state index in [1.165, 1.54) is 0 Å². The Hall–Kier alpha value is -0.740. The summed E-state index contributed by atoms with van der Waals surface area (Å²) in [5, 5.41) is 75.6. The van der Waals surface area contributed by atoms with Crippen LogP contribution in [0.3, 0.4) is 0 Å². The summed E-state index contributed by atoms with van der Waals surface area (Å²) in [5.41, 5.74) is -1.08. The molecule has 0 aromatic carbocycles. The van der Waals surface area contributed by atoms with Crippen molar-refractivity contribution < 1.29 is 59.4 Å². The second-order valence-corrected chi connectivity index (χ2v) is 21.1. The van der Waals surface area contributed by atoms with Gasteiger partial charge >= 0.3 is 0 Å². The van der Waals surface area contributed by atoms with Crippen molar-refractivity contribution in [2.75, 3.05) is 13.2 Å². The molecule has 20 atom stereocenters. The predicted molar refractivity (Wildman–Crippen MR) is 195 cm³/mol. The number of hydrogen-bond acceptors (Lipinski definition) is 12. The van der Waals surface area contributed by atoms with Gasteiger partial charge in [0, 0.05) is 16.7 Å². The first-order valence-electron chi connectivity index (χ1n) is 20.8. The number of fused-ring (bicyclic) bond motifs is 4. The summed E-state index contributed by atoms with van der Waals surface area (Å²) in [6, 6.07) is 0. The van der Waals surface area contributed by atoms with Gasteiger partial charge in [0.05, 0.1) is 37.1 Å². The SMILES string of the molecule is C[C@H]1O[C@@H](O[C@H]2CC[C@@]3(C)[C@H](CC[C@]4(C)[C@@H]3C=C[C@]35OC[C@@]6(CCC(C)(C)C[C@@H]63)[C@@H](O)C[C@]54C)C2(C)C)[C@H](O)[C@@H](O[C@@H]2O[C@H](CO)[C@@H](O)[C@H](O)[C@H]2O)[C@H]1O. The van der Waals surface area contributed by atoms with Gasteiger partial charge in [0.1, 0.15) is 42.7 Å². The zero-order chi connectivity index (χ0) is 39.2. The van der Waals surface area contributed by atoms with Gasteiger partial charge < -0.3 is 59.4 Å². The molecule has 7 fully saturated rings. The molecular formula is C42H68O12. The van der Waals surface area contributed by atoms with Gasteiger partial charge in [0.25, 0.3) is 0 Å². The topological polar surface area (TPSA) is 188 Å². The highest BCUT2D eigenvalue weighted by Crippen LogP contribution is 2.79. The number of ether oxygens (including phenoxy) is 5. The van der Waals surface area contributed by atoms with Crippen LogP contribution in [-0.4, -0.2) is 128 Å². The second-order valence-electron chi connectivity index (χ2n) is 21.1. The van der Waals surface area contributed by atoms with E-state index in [0.717, 1.165) is 51.4 Å². The maximum atomic E-state index is 12.1. The molecule has 12 nitrogen and oxygen atoms in total. The van der Waals surface area contributed by atoms with Crippen LogP contribution in [0.15, 0.2) is 12.2 Å². The summed E-state index contributed by atoms with van der Waals surface area (Å²) >= 11 is 0. The number of rotatable bonds is 5. The Morgan fingerprint density at radius 3 is 2.13 bits per heavy atom. The second kappa shape index (κ2) is 12.9. The minimum atomic E-state index is -1.69. The highest BCUT2D eigenvalue weighted by Gasteiger charge is 2.79. The number of allylic oxidation sites excluding steroid dienone is 1. The van der Waals surface area contributed by atoms with Crippen molar-refractivity contribution in [2.45, 2.75) is 186 Å². The van der Waals surface area contributed by atoms with E-state index in [9.17, 15) is 35.7 Å². The lowest BCUT2D eigenvalue weighted by atomic mass is 9.32. The minimum Gasteiger partial charge on any atom is -0.394 e. The molecule has 1 spiro atoms. The Labute approximate surface area is 320 Å². The lowest BCUT2D eigenvalue weighted by molar-refractivity contribution is -0.366. The summed E-state index contributed by atoms with van der Waals surface area (Å²) in [6.45, 7) is 18.3. The first kappa shape index (κ1) is 40.1. The highest BCUT2D eigenvalue weighted by molar-refractivity contribution is 5.36. The van der Waals surface area contributed by atoms with Crippen molar-refractivity contribution in [3.63, 3.8) is 0 Å². The van der Waals surface area contributed by atoms with Crippen molar-refractivity contribution in [3.8, 4) is 0 Å². The molecular weight excluding hydrogens is 696 g/mol. The average Bonchev–Trinajstić information content (AvgIpc) is 3.38. The zero-order valence-corrected chi connectivity index (χ0v) is 33.6. The Morgan fingerprint density at radius 1 is 0.722 bits per heavy atom. The van der Waals surface area contributed by atoms with Crippen LogP contribution in [-0.2, 0) is 23.7 Å². The quantitative estimate of drug-likeness (QED) is 0.161. The van der Waals surface area contributed by atoms with Gasteiger partial charge in [-0.15, -0.1) is 0 Å². The van der Waals surface area contributed by atoms with Crippen LogP contribution >= 0.6 is 0 Å². The van der Waals surface area contributed by atoms with Gasteiger partial charge in [0.2, 0.25) is 0 Å². The Morgan fingerprint density at radius 2 is 1.43 bits per heavy atom. The van der Waals surface area contributed by atoms with E-state index in [1.807, 2.05) is 0 Å². The minimum absolute atomic E-state index is 0.0638. The average molecular weight is 765 g/mol. The van der Waals surface area contributed by atoms with Crippen molar-refractivity contribution in [1.82, 2.24) is 0 Å². The van der Waals surface area contributed by atoms with Crippen LogP contribution in [0, 0.1) is 50.2 Å². The van der Waals surface area contributed by atoms with Gasteiger partial charge in [-0.05, 0) is 91.8 Å². The zero-order valence-electron chi connectivity index (χ0n) is 33.6. The van der Waals surface area contributed by atoms with Crippen LogP contribution < -0.4 is 0 Å². The van der Waals surface area contributed by atoms with Gasteiger partial charge in [-0.2, -0.15) is 0 Å². The molecule has 0 unspecified atom stereocenters. The maximum absolute atomic E-state index is 12.1. The lowest BCUT2D eigenvalue weighted by Gasteiger charge is -2.73. The number of aliphatic hydroxyl groups is 7. The Bertz CT molecular complexity index is 1470. The first-order chi connectivity index (χ1) is 25.1. The molecule has 54 heavy (non-hydrogen) atoms. The van der Waals surface area contributed by atoms with E-state index in [1.54, 1.807) is 6.92 Å². The van der Waals surface area contributed by atoms with Crippen LogP contribution in [0.5, 0.6) is 0 Å². The van der Waals surface area contributed by atoms with Gasteiger partial charge in [-0.3, -0.25) is 0 Å². The Balaban J connectivity index is 1.03. The van der Waals surface area contributed by atoms with E-state index >= 15 is 0 Å². The molecule has 3 saturated heterocycles. The highest BCUT2D eigenvalue weighted by atomic mass is 16.7. The van der Waals surface area contributed by atoms with Crippen LogP contribution in [0.25, 0.3) is 0 Å². The van der Waals surface area contributed by atoms with E-state index in [4.69, 9.17) is 23.7 Å². The number of aliphatic hydroxyl groups excluding tert-OH is 7. The number of hydrogen-bond donors (Lipinski definition) is 7. The molecule has 2 bridgehead atoms. The molecule has 0 aromatic heterocycles. The molecule has 3 heterocycles. The summed E-state index contributed by atoms with van der Waals surface area (Å²) in [7, 11) is 0. The van der Waals surface area contributed by atoms with Crippen molar-refractivity contribution >= 4 is 0 Å². The molecule has 8 aliphatic rings. The fourth-order valence-corrected chi connectivity index (χ4v) is 14.3. The molecule has 308 valence electrons. The fourth-order valence-electron chi connectivity index (χ4n) is 14.3.